The van der Waals surface area contributed by atoms with Gasteiger partial charge in [-0.1, -0.05) is 15.9 Å². The summed E-state index contributed by atoms with van der Waals surface area (Å²) >= 11 is 3.19. The maximum atomic E-state index is 13.6. The summed E-state index contributed by atoms with van der Waals surface area (Å²) in [6, 6.07) is 7.14. The van der Waals surface area contributed by atoms with Crippen LogP contribution < -0.4 is 10.5 Å². The average molecular weight is 328 g/mol. The van der Waals surface area contributed by atoms with Crippen molar-refractivity contribution in [1.82, 2.24) is 0 Å². The maximum Gasteiger partial charge on any atom is 0.167 e. The molecule has 0 aliphatic rings. The molecule has 2 nitrogen and oxygen atoms in total. The Hall–Kier alpha value is -1.62. The Balaban J connectivity index is 2.16. The van der Waals surface area contributed by atoms with Crippen molar-refractivity contribution in [3.63, 3.8) is 0 Å². The van der Waals surface area contributed by atoms with E-state index < -0.39 is 5.82 Å². The molecule has 19 heavy (non-hydrogen) atoms. The van der Waals surface area contributed by atoms with Gasteiger partial charge in [0.25, 0.3) is 0 Å². The number of nitrogens with two attached hydrogens (primary N) is 1. The van der Waals surface area contributed by atoms with E-state index in [-0.39, 0.29) is 18.2 Å². The van der Waals surface area contributed by atoms with Crippen LogP contribution in [0.4, 0.5) is 14.5 Å². The molecule has 0 aromatic heterocycles. The molecule has 2 aromatic rings. The molecule has 0 saturated heterocycles. The molecular formula is C14H12BrF2NO. The molecule has 0 bridgehead atoms. The normalized spacial score (nSPS) is 10.5. The molecule has 0 aliphatic heterocycles. The number of halogens is 3. The molecule has 5 heteroatoms. The molecule has 0 fully saturated rings. The zero-order valence-electron chi connectivity index (χ0n) is 10.2. The number of anilines is 1. The van der Waals surface area contributed by atoms with Gasteiger partial charge in [-0.2, -0.15) is 0 Å². The lowest BCUT2D eigenvalue weighted by atomic mass is 10.2. The SMILES string of the molecule is Cc1cc(OCc2cc(F)cc(Br)c2)c(F)cc1N. The first-order valence-electron chi connectivity index (χ1n) is 5.59. The second-order valence-corrected chi connectivity index (χ2v) is 5.12. The zero-order chi connectivity index (χ0) is 14.0. The molecule has 0 saturated carbocycles. The Morgan fingerprint density at radius 1 is 1.16 bits per heavy atom. The van der Waals surface area contributed by atoms with E-state index in [9.17, 15) is 8.78 Å². The first kappa shape index (κ1) is 13.8. The minimum atomic E-state index is -0.529. The molecule has 0 aliphatic carbocycles. The molecule has 0 unspecified atom stereocenters. The lowest BCUT2D eigenvalue weighted by Gasteiger charge is -2.10. The van der Waals surface area contributed by atoms with Crippen LogP contribution in [0.5, 0.6) is 5.75 Å². The summed E-state index contributed by atoms with van der Waals surface area (Å²) in [4.78, 5) is 0. The van der Waals surface area contributed by atoms with Crippen molar-refractivity contribution in [2.24, 2.45) is 0 Å². The molecule has 0 radical (unpaired) electrons. The number of rotatable bonds is 3. The minimum absolute atomic E-state index is 0.0800. The van der Waals surface area contributed by atoms with E-state index in [1.807, 2.05) is 0 Å². The molecule has 2 rings (SSSR count). The highest BCUT2D eigenvalue weighted by Gasteiger charge is 2.07. The van der Waals surface area contributed by atoms with Crippen molar-refractivity contribution in [3.05, 3.63) is 57.6 Å². The summed E-state index contributed by atoms with van der Waals surface area (Å²) < 4.78 is 32.7. The Kier molecular flexibility index (Phi) is 4.04. The predicted octanol–water partition coefficient (Wildman–Crippen LogP) is 4.20. The van der Waals surface area contributed by atoms with E-state index >= 15 is 0 Å². The molecule has 2 aromatic carbocycles. The van der Waals surface area contributed by atoms with Crippen molar-refractivity contribution >= 4 is 21.6 Å². The average Bonchev–Trinajstić information content (AvgIpc) is 2.31. The second kappa shape index (κ2) is 5.57. The van der Waals surface area contributed by atoms with Gasteiger partial charge in [0, 0.05) is 16.2 Å². The van der Waals surface area contributed by atoms with Crippen molar-refractivity contribution in [2.75, 3.05) is 5.73 Å². The summed E-state index contributed by atoms with van der Waals surface area (Å²) in [7, 11) is 0. The van der Waals surface area contributed by atoms with Crippen LogP contribution in [0.25, 0.3) is 0 Å². The van der Waals surface area contributed by atoms with Crippen molar-refractivity contribution in [3.8, 4) is 5.75 Å². The second-order valence-electron chi connectivity index (χ2n) is 4.21. The fourth-order valence-corrected chi connectivity index (χ4v) is 2.15. The highest BCUT2D eigenvalue weighted by atomic mass is 79.9. The zero-order valence-corrected chi connectivity index (χ0v) is 11.8. The molecular weight excluding hydrogens is 316 g/mol. The van der Waals surface area contributed by atoms with Crippen LogP contribution in [0.15, 0.2) is 34.8 Å². The van der Waals surface area contributed by atoms with Crippen LogP contribution in [0, 0.1) is 18.6 Å². The van der Waals surface area contributed by atoms with Crippen LogP contribution in [-0.2, 0) is 6.61 Å². The Morgan fingerprint density at radius 2 is 1.89 bits per heavy atom. The van der Waals surface area contributed by atoms with Gasteiger partial charge in [0.15, 0.2) is 11.6 Å². The Morgan fingerprint density at radius 3 is 2.58 bits per heavy atom. The predicted molar refractivity (Wildman–Crippen MR) is 74.0 cm³/mol. The van der Waals surface area contributed by atoms with Crippen LogP contribution in [0.3, 0.4) is 0 Å². The first-order chi connectivity index (χ1) is 8.95. The first-order valence-corrected chi connectivity index (χ1v) is 6.38. The van der Waals surface area contributed by atoms with Crippen LogP contribution in [0.1, 0.15) is 11.1 Å². The van der Waals surface area contributed by atoms with Gasteiger partial charge in [-0.25, -0.2) is 8.78 Å². The van der Waals surface area contributed by atoms with Crippen LogP contribution >= 0.6 is 15.9 Å². The van der Waals surface area contributed by atoms with E-state index in [0.717, 1.165) is 5.56 Å². The minimum Gasteiger partial charge on any atom is -0.486 e. The summed E-state index contributed by atoms with van der Waals surface area (Å²) in [6.45, 7) is 1.84. The Labute approximate surface area is 118 Å². The third-order valence-corrected chi connectivity index (χ3v) is 3.10. The maximum absolute atomic E-state index is 13.6. The van der Waals surface area contributed by atoms with Crippen molar-refractivity contribution in [1.29, 1.82) is 0 Å². The largest absolute Gasteiger partial charge is 0.486 e. The van der Waals surface area contributed by atoms with Crippen LogP contribution in [-0.4, -0.2) is 0 Å². The van der Waals surface area contributed by atoms with Crippen LogP contribution in [0.2, 0.25) is 0 Å². The van der Waals surface area contributed by atoms with Gasteiger partial charge in [0.2, 0.25) is 0 Å². The van der Waals surface area contributed by atoms with E-state index in [2.05, 4.69) is 15.9 Å². The Bertz CT molecular complexity index is 596. The summed E-state index contributed by atoms with van der Waals surface area (Å²) in [5.74, 6) is -0.799. The number of benzene rings is 2. The fraction of sp³-hybridized carbons (Fsp3) is 0.143. The summed E-state index contributed by atoms with van der Waals surface area (Å²) in [5.41, 5.74) is 7.30. The van der Waals surface area contributed by atoms with E-state index in [0.29, 0.717) is 15.7 Å². The van der Waals surface area contributed by atoms with Gasteiger partial charge >= 0.3 is 0 Å². The molecule has 2 N–H and O–H groups in total. The van der Waals surface area contributed by atoms with E-state index in [4.69, 9.17) is 10.5 Å². The molecule has 0 atom stereocenters. The number of nitrogen functional groups attached to an aromatic ring is 1. The number of hydrogen-bond donors (Lipinski definition) is 1. The highest BCUT2D eigenvalue weighted by molar-refractivity contribution is 9.10. The number of aryl methyl sites for hydroxylation is 1. The number of hydrogen-bond acceptors (Lipinski definition) is 2. The van der Waals surface area contributed by atoms with Gasteiger partial charge in [-0.3, -0.25) is 0 Å². The number of ether oxygens (including phenoxy) is 1. The standard InChI is InChI=1S/C14H12BrF2NO/c1-8-2-14(12(17)6-13(8)18)19-7-9-3-10(15)5-11(16)4-9/h2-6H,7,18H2,1H3. The van der Waals surface area contributed by atoms with Gasteiger partial charge < -0.3 is 10.5 Å². The van der Waals surface area contributed by atoms with E-state index in [1.54, 1.807) is 13.0 Å². The third kappa shape index (κ3) is 3.44. The quantitative estimate of drug-likeness (QED) is 0.857. The van der Waals surface area contributed by atoms with Gasteiger partial charge in [0.05, 0.1) is 0 Å². The summed E-state index contributed by atoms with van der Waals surface area (Å²) in [6.07, 6.45) is 0. The van der Waals surface area contributed by atoms with Crippen molar-refractivity contribution < 1.29 is 13.5 Å². The van der Waals surface area contributed by atoms with E-state index in [1.165, 1.54) is 24.3 Å². The molecule has 0 amide bonds. The van der Waals surface area contributed by atoms with Gasteiger partial charge in [-0.15, -0.1) is 0 Å². The molecule has 100 valence electrons. The third-order valence-electron chi connectivity index (χ3n) is 2.64. The fourth-order valence-electron chi connectivity index (χ4n) is 1.64. The topological polar surface area (TPSA) is 35.2 Å². The lowest BCUT2D eigenvalue weighted by Crippen LogP contribution is -2.00. The molecule has 0 spiro atoms. The monoisotopic (exact) mass is 327 g/mol. The smallest absolute Gasteiger partial charge is 0.167 e. The highest BCUT2D eigenvalue weighted by Crippen LogP contribution is 2.25. The van der Waals surface area contributed by atoms with Gasteiger partial charge in [-0.05, 0) is 42.3 Å². The lowest BCUT2D eigenvalue weighted by molar-refractivity contribution is 0.289. The van der Waals surface area contributed by atoms with Gasteiger partial charge in [0.1, 0.15) is 12.4 Å². The summed E-state index contributed by atoms with van der Waals surface area (Å²) in [5, 5.41) is 0. The molecule has 0 heterocycles. The van der Waals surface area contributed by atoms with Crippen molar-refractivity contribution in [2.45, 2.75) is 13.5 Å².